The molecule has 6 heteroatoms. The lowest BCUT2D eigenvalue weighted by molar-refractivity contribution is 0.471. The first-order chi connectivity index (χ1) is 13.1. The summed E-state index contributed by atoms with van der Waals surface area (Å²) in [6.07, 6.45) is 6.88. The first-order valence-corrected chi connectivity index (χ1v) is 8.86. The Bertz CT molecular complexity index is 1080. The summed E-state index contributed by atoms with van der Waals surface area (Å²) in [5.41, 5.74) is 3.02. The third-order valence-electron chi connectivity index (χ3n) is 4.38. The number of benzene rings is 1. The van der Waals surface area contributed by atoms with Crippen LogP contribution in [0.2, 0.25) is 5.02 Å². The highest BCUT2D eigenvalue weighted by atomic mass is 35.5. The van der Waals surface area contributed by atoms with Crippen molar-refractivity contribution in [1.29, 1.82) is 0 Å². The van der Waals surface area contributed by atoms with Crippen LogP contribution in [0.25, 0.3) is 10.9 Å². The normalized spacial score (nSPS) is 12.1. The van der Waals surface area contributed by atoms with Crippen molar-refractivity contribution in [1.82, 2.24) is 15.0 Å². The van der Waals surface area contributed by atoms with Crippen molar-refractivity contribution >= 4 is 28.3 Å². The Morgan fingerprint density at radius 1 is 1.04 bits per heavy atom. The van der Waals surface area contributed by atoms with Gasteiger partial charge in [-0.2, -0.15) is 0 Å². The molecule has 0 aliphatic heterocycles. The Balaban J connectivity index is 1.87. The molecule has 1 atom stereocenters. The highest BCUT2D eigenvalue weighted by Crippen LogP contribution is 2.39. The molecule has 134 valence electrons. The average Bonchev–Trinajstić information content (AvgIpc) is 2.71. The molecule has 0 radical (unpaired) electrons. The van der Waals surface area contributed by atoms with E-state index in [9.17, 15) is 5.11 Å². The molecule has 0 aliphatic rings. The van der Waals surface area contributed by atoms with Gasteiger partial charge in [0.15, 0.2) is 0 Å². The second kappa shape index (κ2) is 7.21. The zero-order valence-corrected chi connectivity index (χ0v) is 15.4. The van der Waals surface area contributed by atoms with Crippen molar-refractivity contribution in [2.24, 2.45) is 0 Å². The molecule has 4 rings (SSSR count). The fraction of sp³-hybridized carbons (Fsp3) is 0.0952. The van der Waals surface area contributed by atoms with Crippen molar-refractivity contribution in [2.75, 3.05) is 5.32 Å². The van der Waals surface area contributed by atoms with Gasteiger partial charge in [-0.1, -0.05) is 23.7 Å². The van der Waals surface area contributed by atoms with E-state index in [2.05, 4.69) is 20.3 Å². The number of phenolic OH excluding ortho intramolecular Hbond substituents is 1. The zero-order chi connectivity index (χ0) is 18.8. The van der Waals surface area contributed by atoms with E-state index >= 15 is 0 Å². The molecular weight excluding hydrogens is 360 g/mol. The molecule has 3 heterocycles. The molecule has 5 nitrogen and oxygen atoms in total. The van der Waals surface area contributed by atoms with Gasteiger partial charge in [0, 0.05) is 35.7 Å². The predicted octanol–water partition coefficient (Wildman–Crippen LogP) is 4.89. The first-order valence-electron chi connectivity index (χ1n) is 8.48. The van der Waals surface area contributed by atoms with Gasteiger partial charge in [0.05, 0.1) is 11.1 Å². The number of fused-ring (bicyclic) bond motifs is 1. The van der Waals surface area contributed by atoms with Gasteiger partial charge in [0.2, 0.25) is 0 Å². The van der Waals surface area contributed by atoms with E-state index in [-0.39, 0.29) is 5.75 Å². The number of aromatic hydroxyl groups is 1. The maximum atomic E-state index is 10.9. The highest BCUT2D eigenvalue weighted by Gasteiger charge is 2.22. The lowest BCUT2D eigenvalue weighted by Crippen LogP contribution is -2.14. The molecule has 4 aromatic rings. The maximum absolute atomic E-state index is 10.9. The lowest BCUT2D eigenvalue weighted by Gasteiger charge is -2.22. The van der Waals surface area contributed by atoms with Crippen LogP contribution in [-0.4, -0.2) is 20.1 Å². The Morgan fingerprint density at radius 3 is 2.63 bits per heavy atom. The molecule has 27 heavy (non-hydrogen) atoms. The van der Waals surface area contributed by atoms with Gasteiger partial charge < -0.3 is 10.4 Å². The quantitative estimate of drug-likeness (QED) is 0.530. The maximum Gasteiger partial charge on any atom is 0.147 e. The van der Waals surface area contributed by atoms with Gasteiger partial charge in [-0.3, -0.25) is 9.97 Å². The van der Waals surface area contributed by atoms with Gasteiger partial charge in [0.25, 0.3) is 0 Å². The summed E-state index contributed by atoms with van der Waals surface area (Å²) in [5, 5.41) is 15.5. The number of aromatic nitrogens is 3. The van der Waals surface area contributed by atoms with E-state index in [1.165, 1.54) is 0 Å². The lowest BCUT2D eigenvalue weighted by atomic mass is 9.97. The van der Waals surface area contributed by atoms with E-state index in [1.807, 2.05) is 37.3 Å². The Hall–Kier alpha value is -3.18. The van der Waals surface area contributed by atoms with Gasteiger partial charge in [0.1, 0.15) is 17.1 Å². The van der Waals surface area contributed by atoms with Gasteiger partial charge >= 0.3 is 0 Å². The number of nitrogens with one attached hydrogen (secondary N) is 1. The Kier molecular flexibility index (Phi) is 4.60. The molecule has 0 amide bonds. The van der Waals surface area contributed by atoms with E-state index in [1.54, 1.807) is 36.9 Å². The standard InChI is InChI=1S/C21H17ClN4O/c1-13-6-7-18(25-11-13)26-19(14-4-2-8-23-12-14)16-10-17(22)15-5-3-9-24-20(15)21(16)27/h2-12,19,27H,1H3,(H,25,26). The number of nitrogens with zero attached hydrogens (tertiary/aromatic N) is 3. The minimum absolute atomic E-state index is 0.0865. The van der Waals surface area contributed by atoms with E-state index in [0.29, 0.717) is 27.3 Å². The topological polar surface area (TPSA) is 70.9 Å². The second-order valence-corrected chi connectivity index (χ2v) is 6.69. The molecule has 0 aliphatic carbocycles. The molecule has 3 aromatic heterocycles. The van der Waals surface area contributed by atoms with Crippen LogP contribution in [0.5, 0.6) is 5.75 Å². The van der Waals surface area contributed by atoms with Crippen LogP contribution < -0.4 is 5.32 Å². The minimum atomic E-state index is -0.391. The zero-order valence-electron chi connectivity index (χ0n) is 14.6. The first kappa shape index (κ1) is 17.2. The molecule has 0 saturated heterocycles. The minimum Gasteiger partial charge on any atom is -0.505 e. The van der Waals surface area contributed by atoms with Crippen LogP contribution in [0.15, 0.2) is 67.3 Å². The fourth-order valence-electron chi connectivity index (χ4n) is 3.01. The third kappa shape index (κ3) is 3.41. The number of pyridine rings is 3. The second-order valence-electron chi connectivity index (χ2n) is 6.28. The van der Waals surface area contributed by atoms with Crippen molar-refractivity contribution < 1.29 is 5.11 Å². The van der Waals surface area contributed by atoms with Crippen LogP contribution in [0.3, 0.4) is 0 Å². The largest absolute Gasteiger partial charge is 0.505 e. The number of aryl methyl sites for hydroxylation is 1. The molecule has 0 spiro atoms. The van der Waals surface area contributed by atoms with Crippen molar-refractivity contribution in [2.45, 2.75) is 13.0 Å². The molecule has 0 bridgehead atoms. The summed E-state index contributed by atoms with van der Waals surface area (Å²) < 4.78 is 0. The number of rotatable bonds is 4. The fourth-order valence-corrected chi connectivity index (χ4v) is 3.28. The smallest absolute Gasteiger partial charge is 0.147 e. The van der Waals surface area contributed by atoms with Crippen molar-refractivity contribution in [3.05, 3.63) is 89.0 Å². The Morgan fingerprint density at radius 2 is 1.89 bits per heavy atom. The summed E-state index contributed by atoms with van der Waals surface area (Å²) in [5.74, 6) is 0.773. The summed E-state index contributed by atoms with van der Waals surface area (Å²) in [6.45, 7) is 1.98. The molecule has 2 N–H and O–H groups in total. The number of hydrogen-bond donors (Lipinski definition) is 2. The van der Waals surface area contributed by atoms with Gasteiger partial charge in [-0.25, -0.2) is 4.98 Å². The summed E-state index contributed by atoms with van der Waals surface area (Å²) in [7, 11) is 0. The molecule has 1 aromatic carbocycles. The van der Waals surface area contributed by atoms with Crippen LogP contribution >= 0.6 is 11.6 Å². The third-order valence-corrected chi connectivity index (χ3v) is 4.69. The Labute approximate surface area is 161 Å². The highest BCUT2D eigenvalue weighted by molar-refractivity contribution is 6.35. The number of hydrogen-bond acceptors (Lipinski definition) is 5. The summed E-state index contributed by atoms with van der Waals surface area (Å²) >= 11 is 6.48. The van der Waals surface area contributed by atoms with Gasteiger partial charge in [-0.05, 0) is 48.4 Å². The average molecular weight is 377 g/mol. The SMILES string of the molecule is Cc1ccc(NC(c2cccnc2)c2cc(Cl)c3cccnc3c2O)nc1. The molecule has 0 saturated carbocycles. The number of anilines is 1. The van der Waals surface area contributed by atoms with Crippen LogP contribution in [-0.2, 0) is 0 Å². The monoisotopic (exact) mass is 376 g/mol. The van der Waals surface area contributed by atoms with E-state index < -0.39 is 6.04 Å². The summed E-state index contributed by atoms with van der Waals surface area (Å²) in [6, 6.07) is 12.7. The summed E-state index contributed by atoms with van der Waals surface area (Å²) in [4.78, 5) is 12.9. The molecule has 1 unspecified atom stereocenters. The predicted molar refractivity (Wildman–Crippen MR) is 107 cm³/mol. The van der Waals surface area contributed by atoms with E-state index in [4.69, 9.17) is 11.6 Å². The number of halogens is 1. The number of phenols is 1. The van der Waals surface area contributed by atoms with Gasteiger partial charge in [-0.15, -0.1) is 0 Å². The van der Waals surface area contributed by atoms with Crippen LogP contribution in [0.1, 0.15) is 22.7 Å². The van der Waals surface area contributed by atoms with Crippen LogP contribution in [0.4, 0.5) is 5.82 Å². The molecule has 0 fully saturated rings. The van der Waals surface area contributed by atoms with Crippen molar-refractivity contribution in [3.63, 3.8) is 0 Å². The van der Waals surface area contributed by atoms with Crippen LogP contribution in [0, 0.1) is 6.92 Å². The van der Waals surface area contributed by atoms with Crippen molar-refractivity contribution in [3.8, 4) is 5.75 Å². The molecular formula is C21H17ClN4O. The van der Waals surface area contributed by atoms with E-state index in [0.717, 1.165) is 11.1 Å².